The van der Waals surface area contributed by atoms with Crippen molar-refractivity contribution in [3.8, 4) is 0 Å². The topological polar surface area (TPSA) is 75.3 Å². The number of thiophene rings is 1. The van der Waals surface area contributed by atoms with E-state index < -0.39 is 21.7 Å². The zero-order valence-electron chi connectivity index (χ0n) is 15.8. The molecule has 0 saturated heterocycles. The van der Waals surface area contributed by atoms with Crippen molar-refractivity contribution in [2.75, 3.05) is 10.0 Å². The van der Waals surface area contributed by atoms with Gasteiger partial charge in [0.1, 0.15) is 10.0 Å². The van der Waals surface area contributed by atoms with E-state index in [-0.39, 0.29) is 15.5 Å². The van der Waals surface area contributed by atoms with Crippen LogP contribution in [-0.4, -0.2) is 14.3 Å². The Balaban J connectivity index is 1.78. The molecule has 0 bridgehead atoms. The van der Waals surface area contributed by atoms with Gasteiger partial charge in [0.25, 0.3) is 15.9 Å². The van der Waals surface area contributed by atoms with Gasteiger partial charge in [-0.05, 0) is 59.0 Å². The van der Waals surface area contributed by atoms with Gasteiger partial charge in [-0.2, -0.15) is 0 Å². The van der Waals surface area contributed by atoms with Gasteiger partial charge >= 0.3 is 0 Å². The normalized spacial score (nSPS) is 11.4. The average molecular weight is 441 g/mol. The predicted molar refractivity (Wildman–Crippen MR) is 118 cm³/mol. The highest BCUT2D eigenvalue weighted by molar-refractivity contribution is 7.94. The Kier molecular flexibility index (Phi) is 5.27. The van der Waals surface area contributed by atoms with E-state index in [0.29, 0.717) is 11.3 Å². The van der Waals surface area contributed by atoms with Gasteiger partial charge in [-0.3, -0.25) is 9.52 Å². The first-order valence-corrected chi connectivity index (χ1v) is 11.4. The number of carbonyl (C=O) groups excluding carboxylic acids is 1. The number of amides is 1. The van der Waals surface area contributed by atoms with E-state index in [2.05, 4.69) is 10.0 Å². The van der Waals surface area contributed by atoms with Gasteiger partial charge in [-0.25, -0.2) is 12.8 Å². The SMILES string of the molecule is Cc1ccc(F)cc1NC(=O)c1cc2ccccc2cc1NS(=O)(=O)c1cccs1. The molecule has 8 heteroatoms. The van der Waals surface area contributed by atoms with Gasteiger partial charge in [-0.15, -0.1) is 11.3 Å². The summed E-state index contributed by atoms with van der Waals surface area (Å²) in [5.74, 6) is -1.02. The molecule has 3 aromatic carbocycles. The molecule has 5 nitrogen and oxygen atoms in total. The fourth-order valence-corrected chi connectivity index (χ4v) is 5.11. The van der Waals surface area contributed by atoms with Crippen LogP contribution >= 0.6 is 11.3 Å². The van der Waals surface area contributed by atoms with Gasteiger partial charge in [-0.1, -0.05) is 36.4 Å². The predicted octanol–water partition coefficient (Wildman–Crippen LogP) is 5.40. The molecule has 0 aliphatic heterocycles. The van der Waals surface area contributed by atoms with Crippen LogP contribution in [0.5, 0.6) is 0 Å². The summed E-state index contributed by atoms with van der Waals surface area (Å²) in [6.45, 7) is 1.75. The van der Waals surface area contributed by atoms with Gasteiger partial charge < -0.3 is 5.32 Å². The maximum absolute atomic E-state index is 13.6. The lowest BCUT2D eigenvalue weighted by Gasteiger charge is -2.15. The summed E-state index contributed by atoms with van der Waals surface area (Å²) in [5.41, 5.74) is 1.29. The molecule has 4 aromatic rings. The van der Waals surface area contributed by atoms with E-state index in [9.17, 15) is 17.6 Å². The van der Waals surface area contributed by atoms with Gasteiger partial charge in [0.05, 0.1) is 11.3 Å². The number of hydrogen-bond donors (Lipinski definition) is 2. The van der Waals surface area contributed by atoms with Crippen LogP contribution in [0.3, 0.4) is 0 Å². The highest BCUT2D eigenvalue weighted by Gasteiger charge is 2.21. The smallest absolute Gasteiger partial charge is 0.271 e. The quantitative estimate of drug-likeness (QED) is 0.436. The number of carbonyl (C=O) groups is 1. The zero-order valence-corrected chi connectivity index (χ0v) is 17.5. The first-order chi connectivity index (χ1) is 14.3. The largest absolute Gasteiger partial charge is 0.322 e. The molecule has 2 N–H and O–H groups in total. The molecular weight excluding hydrogens is 423 g/mol. The summed E-state index contributed by atoms with van der Waals surface area (Å²) >= 11 is 1.08. The number of rotatable bonds is 5. The molecule has 0 unspecified atom stereocenters. The van der Waals surface area contributed by atoms with Crippen LogP contribution < -0.4 is 10.0 Å². The molecule has 1 amide bonds. The molecule has 0 saturated carbocycles. The van der Waals surface area contributed by atoms with E-state index in [1.54, 1.807) is 36.6 Å². The first-order valence-electron chi connectivity index (χ1n) is 9.00. The molecule has 0 aliphatic rings. The third-order valence-corrected chi connectivity index (χ3v) is 7.35. The van der Waals surface area contributed by atoms with Crippen LogP contribution in [0.2, 0.25) is 0 Å². The highest BCUT2D eigenvalue weighted by Crippen LogP contribution is 2.29. The van der Waals surface area contributed by atoms with Crippen LogP contribution in [0.4, 0.5) is 15.8 Å². The molecular formula is C22H17FN2O3S2. The fraction of sp³-hybridized carbons (Fsp3) is 0.0455. The fourth-order valence-electron chi connectivity index (χ4n) is 3.04. The lowest BCUT2D eigenvalue weighted by Crippen LogP contribution is -2.18. The van der Waals surface area contributed by atoms with Crippen molar-refractivity contribution in [2.24, 2.45) is 0 Å². The summed E-state index contributed by atoms with van der Waals surface area (Å²) in [7, 11) is -3.85. The van der Waals surface area contributed by atoms with Gasteiger partial charge in [0, 0.05) is 5.69 Å². The van der Waals surface area contributed by atoms with Crippen LogP contribution in [0, 0.1) is 12.7 Å². The number of aryl methyl sites for hydroxylation is 1. The number of anilines is 2. The second-order valence-corrected chi connectivity index (χ2v) is 9.55. The summed E-state index contributed by atoms with van der Waals surface area (Å²) in [5, 5.41) is 5.90. The second kappa shape index (κ2) is 7.89. The molecule has 0 fully saturated rings. The van der Waals surface area contributed by atoms with Crippen LogP contribution in [-0.2, 0) is 10.0 Å². The van der Waals surface area contributed by atoms with E-state index in [1.807, 2.05) is 24.3 Å². The molecule has 30 heavy (non-hydrogen) atoms. The Morgan fingerprint density at radius 1 is 0.933 bits per heavy atom. The first kappa shape index (κ1) is 20.1. The molecule has 0 aliphatic carbocycles. The molecule has 1 heterocycles. The van der Waals surface area contributed by atoms with Crippen molar-refractivity contribution in [1.29, 1.82) is 0 Å². The lowest BCUT2D eigenvalue weighted by atomic mass is 10.0. The van der Waals surface area contributed by atoms with Crippen LogP contribution in [0.15, 0.2) is 76.3 Å². The van der Waals surface area contributed by atoms with Crippen LogP contribution in [0.25, 0.3) is 10.8 Å². The minimum Gasteiger partial charge on any atom is -0.322 e. The van der Waals surface area contributed by atoms with Crippen molar-refractivity contribution < 1.29 is 17.6 Å². The van der Waals surface area contributed by atoms with Gasteiger partial charge in [0.2, 0.25) is 0 Å². The van der Waals surface area contributed by atoms with Crippen molar-refractivity contribution in [2.45, 2.75) is 11.1 Å². The molecule has 152 valence electrons. The molecule has 1 aromatic heterocycles. The summed E-state index contributed by atoms with van der Waals surface area (Å²) in [4.78, 5) is 13.0. The zero-order chi connectivity index (χ0) is 21.3. The molecule has 4 rings (SSSR count). The number of fused-ring (bicyclic) bond motifs is 1. The van der Waals surface area contributed by atoms with Crippen molar-refractivity contribution in [3.05, 3.63) is 89.1 Å². The van der Waals surface area contributed by atoms with Crippen LogP contribution in [0.1, 0.15) is 15.9 Å². The Hall–Kier alpha value is -3.23. The minimum absolute atomic E-state index is 0.137. The monoisotopic (exact) mass is 440 g/mol. The maximum atomic E-state index is 13.6. The van der Waals surface area contributed by atoms with E-state index >= 15 is 0 Å². The number of halogens is 1. The highest BCUT2D eigenvalue weighted by atomic mass is 32.2. The van der Waals surface area contributed by atoms with E-state index in [1.165, 1.54) is 18.2 Å². The number of hydrogen-bond acceptors (Lipinski definition) is 4. The third-order valence-electron chi connectivity index (χ3n) is 4.58. The Bertz CT molecular complexity index is 1350. The van der Waals surface area contributed by atoms with E-state index in [4.69, 9.17) is 0 Å². The van der Waals surface area contributed by atoms with Gasteiger partial charge in [0.15, 0.2) is 0 Å². The standard InChI is InChI=1S/C22H17FN2O3S2/c1-14-8-9-17(23)13-19(14)24-22(26)18-11-15-5-2-3-6-16(15)12-20(18)25-30(27,28)21-7-4-10-29-21/h2-13,25H,1H3,(H,24,26). The van der Waals surface area contributed by atoms with E-state index in [0.717, 1.165) is 22.1 Å². The Labute approximate surface area is 177 Å². The maximum Gasteiger partial charge on any atom is 0.271 e. The molecule has 0 atom stereocenters. The summed E-state index contributed by atoms with van der Waals surface area (Å²) in [6, 6.07) is 17.8. The minimum atomic E-state index is -3.85. The third kappa shape index (κ3) is 4.05. The molecule has 0 radical (unpaired) electrons. The lowest BCUT2D eigenvalue weighted by molar-refractivity contribution is 0.102. The van der Waals surface area contributed by atoms with Crippen molar-refractivity contribution in [1.82, 2.24) is 0 Å². The van der Waals surface area contributed by atoms with Crippen molar-refractivity contribution in [3.63, 3.8) is 0 Å². The second-order valence-electron chi connectivity index (χ2n) is 6.70. The Morgan fingerprint density at radius 2 is 1.67 bits per heavy atom. The number of sulfonamides is 1. The summed E-state index contributed by atoms with van der Waals surface area (Å²) < 4.78 is 41.8. The van der Waals surface area contributed by atoms with Crippen molar-refractivity contribution >= 4 is 49.4 Å². The number of benzene rings is 3. The Morgan fingerprint density at radius 3 is 2.37 bits per heavy atom. The summed E-state index contributed by atoms with van der Waals surface area (Å²) in [6.07, 6.45) is 0. The molecule has 0 spiro atoms. The number of nitrogens with one attached hydrogen (secondary N) is 2. The average Bonchev–Trinajstić information content (AvgIpc) is 3.26.